The highest BCUT2D eigenvalue weighted by Crippen LogP contribution is 2.40. The second kappa shape index (κ2) is 11.3. The van der Waals surface area contributed by atoms with Crippen molar-refractivity contribution in [1.29, 1.82) is 0 Å². The molecule has 9 aromatic carbocycles. The van der Waals surface area contributed by atoms with Crippen LogP contribution in [0.1, 0.15) is 0 Å². The standard InChI is InChI=1S/C50H32N2/c1-2-12-33(13-3-1)34-22-26-38(27-23-34)51-46-20-10-8-18-42(46)44-28-24-36(31-49(44)51)35-25-29-48-45(30-35)43-19-9-11-21-47(43)52(48)50-32-37-14-4-5-15-39(37)40-16-6-7-17-41(40)50/h1-32H. The third-order valence-electron chi connectivity index (χ3n) is 10.9. The second-order valence-corrected chi connectivity index (χ2v) is 13.7. The molecule has 2 heteroatoms. The highest BCUT2D eigenvalue weighted by Gasteiger charge is 2.18. The van der Waals surface area contributed by atoms with Crippen molar-refractivity contribution in [2.45, 2.75) is 0 Å². The van der Waals surface area contributed by atoms with Crippen molar-refractivity contribution in [2.24, 2.45) is 0 Å². The minimum absolute atomic E-state index is 1.16. The molecule has 0 aliphatic heterocycles. The largest absolute Gasteiger partial charge is 0.309 e. The molecule has 0 aliphatic rings. The van der Waals surface area contributed by atoms with Gasteiger partial charge in [0.15, 0.2) is 0 Å². The second-order valence-electron chi connectivity index (χ2n) is 13.7. The van der Waals surface area contributed by atoms with Crippen molar-refractivity contribution < 1.29 is 0 Å². The fourth-order valence-electron chi connectivity index (χ4n) is 8.49. The maximum Gasteiger partial charge on any atom is 0.0547 e. The van der Waals surface area contributed by atoms with Crippen LogP contribution in [0.2, 0.25) is 0 Å². The summed E-state index contributed by atoms with van der Waals surface area (Å²) < 4.78 is 4.88. The van der Waals surface area contributed by atoms with E-state index in [9.17, 15) is 0 Å². The van der Waals surface area contributed by atoms with Crippen LogP contribution in [-0.2, 0) is 0 Å². The van der Waals surface area contributed by atoms with Crippen LogP contribution >= 0.6 is 0 Å². The summed E-state index contributed by atoms with van der Waals surface area (Å²) in [5.41, 5.74) is 12.0. The third-order valence-corrected chi connectivity index (χ3v) is 10.9. The van der Waals surface area contributed by atoms with Gasteiger partial charge in [-0.15, -0.1) is 0 Å². The van der Waals surface area contributed by atoms with Gasteiger partial charge in [0.2, 0.25) is 0 Å². The molecule has 2 nitrogen and oxygen atoms in total. The predicted octanol–water partition coefficient (Wildman–Crippen LogP) is 13.5. The Labute approximate surface area is 301 Å². The van der Waals surface area contributed by atoms with Gasteiger partial charge in [0, 0.05) is 32.6 Å². The van der Waals surface area contributed by atoms with Gasteiger partial charge < -0.3 is 9.13 Å². The first-order valence-corrected chi connectivity index (χ1v) is 17.9. The van der Waals surface area contributed by atoms with E-state index in [2.05, 4.69) is 203 Å². The van der Waals surface area contributed by atoms with Crippen LogP contribution in [0.5, 0.6) is 0 Å². The Morgan fingerprint density at radius 1 is 0.250 bits per heavy atom. The van der Waals surface area contributed by atoms with Gasteiger partial charge in [-0.25, -0.2) is 0 Å². The molecule has 0 spiro atoms. The van der Waals surface area contributed by atoms with Crippen molar-refractivity contribution >= 4 is 65.2 Å². The molecule has 0 saturated carbocycles. The van der Waals surface area contributed by atoms with E-state index in [0.717, 1.165) is 5.69 Å². The van der Waals surface area contributed by atoms with E-state index in [1.165, 1.54) is 93.1 Å². The Bertz CT molecular complexity index is 3160. The summed E-state index contributed by atoms with van der Waals surface area (Å²) in [5, 5.41) is 10.1. The molecule has 2 heterocycles. The van der Waals surface area contributed by atoms with E-state index < -0.39 is 0 Å². The molecular weight excluding hydrogens is 629 g/mol. The zero-order valence-corrected chi connectivity index (χ0v) is 28.4. The van der Waals surface area contributed by atoms with Crippen molar-refractivity contribution in [1.82, 2.24) is 9.13 Å². The Morgan fingerprint density at radius 2 is 0.769 bits per heavy atom. The van der Waals surface area contributed by atoms with Crippen molar-refractivity contribution in [2.75, 3.05) is 0 Å². The van der Waals surface area contributed by atoms with E-state index >= 15 is 0 Å². The molecule has 0 saturated heterocycles. The molecule has 11 rings (SSSR count). The quantitative estimate of drug-likeness (QED) is 0.166. The topological polar surface area (TPSA) is 9.86 Å². The average molecular weight is 661 g/mol. The normalized spacial score (nSPS) is 11.8. The van der Waals surface area contributed by atoms with Gasteiger partial charge in [-0.2, -0.15) is 0 Å². The first-order chi connectivity index (χ1) is 25.8. The van der Waals surface area contributed by atoms with Crippen molar-refractivity contribution in [3.8, 4) is 33.6 Å². The zero-order chi connectivity index (χ0) is 34.2. The lowest BCUT2D eigenvalue weighted by Gasteiger charge is -2.14. The molecule has 0 aliphatic carbocycles. The molecule has 242 valence electrons. The Morgan fingerprint density at radius 3 is 1.56 bits per heavy atom. The lowest BCUT2D eigenvalue weighted by atomic mass is 10.00. The van der Waals surface area contributed by atoms with Crippen LogP contribution in [0.25, 0.3) is 98.8 Å². The van der Waals surface area contributed by atoms with Gasteiger partial charge in [0.05, 0.1) is 27.8 Å². The van der Waals surface area contributed by atoms with Crippen LogP contribution in [0.4, 0.5) is 0 Å². The molecule has 0 amide bonds. The molecule has 11 aromatic rings. The Kier molecular flexibility index (Phi) is 6.28. The van der Waals surface area contributed by atoms with Gasteiger partial charge in [-0.1, -0.05) is 146 Å². The molecular formula is C50H32N2. The average Bonchev–Trinajstić information content (AvgIpc) is 3.73. The highest BCUT2D eigenvalue weighted by molar-refractivity contribution is 6.16. The number of hydrogen-bond donors (Lipinski definition) is 0. The molecule has 0 fully saturated rings. The van der Waals surface area contributed by atoms with Gasteiger partial charge in [-0.05, 0) is 86.9 Å². The predicted molar refractivity (Wildman–Crippen MR) is 221 cm³/mol. The number of para-hydroxylation sites is 2. The van der Waals surface area contributed by atoms with Crippen LogP contribution in [-0.4, -0.2) is 9.13 Å². The molecule has 52 heavy (non-hydrogen) atoms. The van der Waals surface area contributed by atoms with E-state index in [1.807, 2.05) is 0 Å². The van der Waals surface area contributed by atoms with Crippen LogP contribution in [0, 0.1) is 0 Å². The maximum atomic E-state index is 2.46. The molecule has 0 atom stereocenters. The lowest BCUT2D eigenvalue weighted by Crippen LogP contribution is -1.96. The monoisotopic (exact) mass is 660 g/mol. The van der Waals surface area contributed by atoms with Gasteiger partial charge in [0.25, 0.3) is 0 Å². The van der Waals surface area contributed by atoms with Crippen LogP contribution in [0.15, 0.2) is 194 Å². The van der Waals surface area contributed by atoms with Crippen molar-refractivity contribution in [3.05, 3.63) is 194 Å². The van der Waals surface area contributed by atoms with Crippen LogP contribution < -0.4 is 0 Å². The first-order valence-electron chi connectivity index (χ1n) is 17.9. The van der Waals surface area contributed by atoms with Crippen LogP contribution in [0.3, 0.4) is 0 Å². The summed E-state index contributed by atoms with van der Waals surface area (Å²) in [6.07, 6.45) is 0. The SMILES string of the molecule is c1ccc(-c2ccc(-n3c4ccccc4c4ccc(-c5ccc6c(c5)c5ccccc5n6-c5cc6ccccc6c6ccccc56)cc43)cc2)cc1. The number of nitrogens with zero attached hydrogens (tertiary/aromatic N) is 2. The third kappa shape index (κ3) is 4.31. The fourth-order valence-corrected chi connectivity index (χ4v) is 8.49. The molecule has 2 aromatic heterocycles. The van der Waals surface area contributed by atoms with Gasteiger partial charge in [0.1, 0.15) is 0 Å². The summed E-state index contributed by atoms with van der Waals surface area (Å²) >= 11 is 0. The van der Waals surface area contributed by atoms with E-state index in [-0.39, 0.29) is 0 Å². The molecule has 0 radical (unpaired) electrons. The zero-order valence-electron chi connectivity index (χ0n) is 28.4. The van der Waals surface area contributed by atoms with E-state index in [4.69, 9.17) is 0 Å². The smallest absolute Gasteiger partial charge is 0.0547 e. The van der Waals surface area contributed by atoms with E-state index in [0.29, 0.717) is 0 Å². The summed E-state index contributed by atoms with van der Waals surface area (Å²) in [6, 6.07) is 71.0. The van der Waals surface area contributed by atoms with Gasteiger partial charge in [-0.3, -0.25) is 0 Å². The number of aromatic nitrogens is 2. The fraction of sp³-hybridized carbons (Fsp3) is 0. The first kappa shape index (κ1) is 28.9. The summed E-state index contributed by atoms with van der Waals surface area (Å²) in [5.74, 6) is 0. The number of fused-ring (bicyclic) bond motifs is 9. The summed E-state index contributed by atoms with van der Waals surface area (Å²) in [6.45, 7) is 0. The highest BCUT2D eigenvalue weighted by atomic mass is 15.0. The van der Waals surface area contributed by atoms with E-state index in [1.54, 1.807) is 0 Å². The molecule has 0 bridgehead atoms. The molecule has 0 unspecified atom stereocenters. The maximum absolute atomic E-state index is 2.46. The Balaban J connectivity index is 1.11. The van der Waals surface area contributed by atoms with Crippen molar-refractivity contribution in [3.63, 3.8) is 0 Å². The molecule has 0 N–H and O–H groups in total. The van der Waals surface area contributed by atoms with Gasteiger partial charge >= 0.3 is 0 Å². The number of hydrogen-bond acceptors (Lipinski definition) is 0. The Hall–Kier alpha value is -6.90. The number of benzene rings is 9. The number of rotatable bonds is 4. The minimum Gasteiger partial charge on any atom is -0.309 e. The summed E-state index contributed by atoms with van der Waals surface area (Å²) in [4.78, 5) is 0. The minimum atomic E-state index is 1.16. The lowest BCUT2D eigenvalue weighted by molar-refractivity contribution is 1.18. The summed E-state index contributed by atoms with van der Waals surface area (Å²) in [7, 11) is 0.